The largest absolute Gasteiger partial charge is 0.461 e. The fraction of sp³-hybridized carbons (Fsp3) is 0.357. The zero-order valence-electron chi connectivity index (χ0n) is 21.5. The molecule has 0 aliphatic heterocycles. The Morgan fingerprint density at radius 1 is 1.08 bits per heavy atom. The molecule has 10 heteroatoms. The van der Waals surface area contributed by atoms with Gasteiger partial charge in [-0.15, -0.1) is 16.4 Å². The average Bonchev–Trinajstić information content (AvgIpc) is 3.53. The summed E-state index contributed by atoms with van der Waals surface area (Å²) in [6.45, 7) is 4.82. The number of nitrogens with one attached hydrogen (secondary N) is 1. The van der Waals surface area contributed by atoms with E-state index in [1.54, 1.807) is 6.92 Å². The van der Waals surface area contributed by atoms with Gasteiger partial charge in [0.1, 0.15) is 0 Å². The molecule has 0 amide bonds. The Morgan fingerprint density at radius 3 is 2.55 bits per heavy atom. The summed E-state index contributed by atoms with van der Waals surface area (Å²) in [5.74, 6) is 0.0663. The van der Waals surface area contributed by atoms with Gasteiger partial charge in [0.2, 0.25) is 0 Å². The number of carbonyl (C=O) groups excluding carboxylic acids is 2. The molecule has 1 N–H and O–H groups in total. The molecular weight excluding hydrogens is 500 g/mol. The maximum absolute atomic E-state index is 12.7. The number of anilines is 1. The molecule has 0 unspecified atom stereocenters. The molecule has 9 nitrogen and oxygen atoms in total. The lowest BCUT2D eigenvalue weighted by molar-refractivity contribution is 0.0519. The fourth-order valence-electron chi connectivity index (χ4n) is 4.21. The lowest BCUT2D eigenvalue weighted by atomic mass is 9.98. The molecule has 0 bridgehead atoms. The highest BCUT2D eigenvalue weighted by Gasteiger charge is 2.33. The number of aromatic nitrogens is 5. The standard InChI is InChI=1S/C28H30N6O3S/c1-3-5-10-23-24(27(36)37-4-2)30-28(38-23)29-17-18-11-13-19(14-12-18)21-8-6-7-9-22(21)25-31-32-33-34(25)26(35)20-15-16-20/h6-9,11-14,20H,3-5,10,15-17H2,1-2H3,(H,29,30). The van der Waals surface area contributed by atoms with Crippen molar-refractivity contribution >= 4 is 28.3 Å². The van der Waals surface area contributed by atoms with Gasteiger partial charge in [-0.1, -0.05) is 61.9 Å². The van der Waals surface area contributed by atoms with Crippen LogP contribution in [0.5, 0.6) is 0 Å². The molecule has 2 heterocycles. The van der Waals surface area contributed by atoms with Crippen LogP contribution >= 0.6 is 11.3 Å². The molecule has 2 aromatic carbocycles. The molecule has 0 saturated heterocycles. The molecule has 5 rings (SSSR count). The predicted molar refractivity (Wildman–Crippen MR) is 146 cm³/mol. The number of ether oxygens (including phenoxy) is 1. The molecule has 196 valence electrons. The summed E-state index contributed by atoms with van der Waals surface area (Å²) in [5, 5.41) is 16.0. The highest BCUT2D eigenvalue weighted by molar-refractivity contribution is 7.15. The summed E-state index contributed by atoms with van der Waals surface area (Å²) in [6.07, 6.45) is 4.64. The normalized spacial score (nSPS) is 12.9. The van der Waals surface area contributed by atoms with Crippen molar-refractivity contribution in [2.75, 3.05) is 11.9 Å². The minimum atomic E-state index is -0.365. The molecule has 0 atom stereocenters. The minimum Gasteiger partial charge on any atom is -0.461 e. The molecule has 38 heavy (non-hydrogen) atoms. The van der Waals surface area contributed by atoms with Gasteiger partial charge < -0.3 is 10.1 Å². The van der Waals surface area contributed by atoms with Crippen LogP contribution in [0.1, 0.15) is 65.3 Å². The Balaban J connectivity index is 1.32. The lowest BCUT2D eigenvalue weighted by Gasteiger charge is -2.10. The van der Waals surface area contributed by atoms with Crippen LogP contribution in [0.15, 0.2) is 48.5 Å². The summed E-state index contributed by atoms with van der Waals surface area (Å²) < 4.78 is 6.53. The van der Waals surface area contributed by atoms with Crippen molar-refractivity contribution in [3.63, 3.8) is 0 Å². The minimum absolute atomic E-state index is 0.0186. The van der Waals surface area contributed by atoms with Crippen molar-refractivity contribution < 1.29 is 14.3 Å². The second-order valence-electron chi connectivity index (χ2n) is 9.24. The summed E-state index contributed by atoms with van der Waals surface area (Å²) in [4.78, 5) is 30.5. The van der Waals surface area contributed by atoms with Gasteiger partial charge in [0, 0.05) is 22.9 Å². The van der Waals surface area contributed by atoms with Crippen molar-refractivity contribution in [2.45, 2.75) is 52.5 Å². The van der Waals surface area contributed by atoms with Crippen molar-refractivity contribution in [3.05, 3.63) is 64.7 Å². The molecular formula is C28H30N6O3S. The Bertz CT molecular complexity index is 1420. The molecule has 1 fully saturated rings. The van der Waals surface area contributed by atoms with Crippen molar-refractivity contribution in [1.29, 1.82) is 0 Å². The van der Waals surface area contributed by atoms with Crippen LogP contribution in [0, 0.1) is 5.92 Å². The number of rotatable bonds is 11. The third-order valence-electron chi connectivity index (χ3n) is 6.41. The van der Waals surface area contributed by atoms with E-state index in [1.807, 2.05) is 36.4 Å². The highest BCUT2D eigenvalue weighted by atomic mass is 32.1. The molecule has 2 aromatic heterocycles. The van der Waals surface area contributed by atoms with E-state index in [-0.39, 0.29) is 17.8 Å². The van der Waals surface area contributed by atoms with Crippen LogP contribution < -0.4 is 5.32 Å². The van der Waals surface area contributed by atoms with E-state index in [4.69, 9.17) is 4.74 Å². The first-order chi connectivity index (χ1) is 18.6. The van der Waals surface area contributed by atoms with Crippen LogP contribution in [0.4, 0.5) is 5.13 Å². The van der Waals surface area contributed by atoms with Crippen LogP contribution in [0.3, 0.4) is 0 Å². The number of aryl methyl sites for hydroxylation is 1. The number of thiazole rings is 1. The average molecular weight is 531 g/mol. The maximum atomic E-state index is 12.7. The van der Waals surface area contributed by atoms with Crippen molar-refractivity contribution in [3.8, 4) is 22.5 Å². The first-order valence-corrected chi connectivity index (χ1v) is 13.8. The molecule has 1 aliphatic carbocycles. The topological polar surface area (TPSA) is 112 Å². The predicted octanol–water partition coefficient (Wildman–Crippen LogP) is 5.65. The van der Waals surface area contributed by atoms with Crippen LogP contribution in [-0.2, 0) is 17.7 Å². The third-order valence-corrected chi connectivity index (χ3v) is 7.48. The first-order valence-electron chi connectivity index (χ1n) is 13.0. The van der Waals surface area contributed by atoms with Crippen LogP contribution in [-0.4, -0.2) is 43.7 Å². The number of benzene rings is 2. The third kappa shape index (κ3) is 5.65. The number of hydrogen-bond acceptors (Lipinski definition) is 9. The number of esters is 1. The fourth-order valence-corrected chi connectivity index (χ4v) is 5.20. The summed E-state index contributed by atoms with van der Waals surface area (Å²) in [6, 6.07) is 16.0. The second-order valence-corrected chi connectivity index (χ2v) is 10.3. The summed E-state index contributed by atoms with van der Waals surface area (Å²) in [7, 11) is 0. The highest BCUT2D eigenvalue weighted by Crippen LogP contribution is 2.34. The number of nitrogens with zero attached hydrogens (tertiary/aromatic N) is 5. The van der Waals surface area contributed by atoms with E-state index in [0.717, 1.165) is 59.2 Å². The first kappa shape index (κ1) is 25.7. The Morgan fingerprint density at radius 2 is 1.84 bits per heavy atom. The summed E-state index contributed by atoms with van der Waals surface area (Å²) >= 11 is 1.51. The van der Waals surface area contributed by atoms with E-state index in [9.17, 15) is 9.59 Å². The van der Waals surface area contributed by atoms with Gasteiger partial charge in [-0.05, 0) is 59.7 Å². The van der Waals surface area contributed by atoms with Gasteiger partial charge in [0.05, 0.1) is 6.61 Å². The number of carbonyl (C=O) groups is 2. The van der Waals surface area contributed by atoms with Crippen molar-refractivity contribution in [1.82, 2.24) is 25.2 Å². The molecule has 0 radical (unpaired) electrons. The van der Waals surface area contributed by atoms with E-state index >= 15 is 0 Å². The molecule has 0 spiro atoms. The number of unbranched alkanes of at least 4 members (excludes halogenated alkanes) is 1. The maximum Gasteiger partial charge on any atom is 0.358 e. The zero-order valence-corrected chi connectivity index (χ0v) is 22.3. The molecule has 1 aliphatic rings. The van der Waals surface area contributed by atoms with Crippen LogP contribution in [0.2, 0.25) is 0 Å². The number of tetrazole rings is 1. The van der Waals surface area contributed by atoms with Gasteiger partial charge in [0.25, 0.3) is 5.91 Å². The van der Waals surface area contributed by atoms with Crippen LogP contribution in [0.25, 0.3) is 22.5 Å². The van der Waals surface area contributed by atoms with Gasteiger partial charge >= 0.3 is 5.97 Å². The van der Waals surface area contributed by atoms with Gasteiger partial charge in [-0.25, -0.2) is 9.78 Å². The second kappa shape index (κ2) is 11.6. The number of hydrogen-bond donors (Lipinski definition) is 1. The monoisotopic (exact) mass is 530 g/mol. The Labute approximate surface area is 225 Å². The van der Waals surface area contributed by atoms with Gasteiger partial charge in [-0.2, -0.15) is 4.68 Å². The molecule has 4 aromatic rings. The van der Waals surface area contributed by atoms with Crippen molar-refractivity contribution in [2.24, 2.45) is 5.92 Å². The van der Waals surface area contributed by atoms with E-state index in [2.05, 4.69) is 44.9 Å². The molecule has 1 saturated carbocycles. The van der Waals surface area contributed by atoms with Gasteiger partial charge in [0.15, 0.2) is 16.6 Å². The zero-order chi connectivity index (χ0) is 26.5. The Kier molecular flexibility index (Phi) is 7.88. The van der Waals surface area contributed by atoms with Gasteiger partial charge in [-0.3, -0.25) is 4.79 Å². The SMILES string of the molecule is CCCCc1sc(NCc2ccc(-c3ccccc3-c3nnnn3C(=O)C3CC3)cc2)nc1C(=O)OCC. The quantitative estimate of drug-likeness (QED) is 0.196. The smallest absolute Gasteiger partial charge is 0.358 e. The lowest BCUT2D eigenvalue weighted by Crippen LogP contribution is -2.16. The van der Waals surface area contributed by atoms with E-state index in [0.29, 0.717) is 29.8 Å². The van der Waals surface area contributed by atoms with E-state index < -0.39 is 0 Å². The van der Waals surface area contributed by atoms with E-state index in [1.165, 1.54) is 16.0 Å². The summed E-state index contributed by atoms with van der Waals surface area (Å²) in [5.41, 5.74) is 4.25. The Hall–Kier alpha value is -3.92.